The van der Waals surface area contributed by atoms with Crippen LogP contribution in [0.4, 0.5) is 0 Å². The number of thiophene rings is 2. The molecule has 154 valence electrons. The van der Waals surface area contributed by atoms with Crippen LogP contribution in [0.25, 0.3) is 0 Å². The van der Waals surface area contributed by atoms with Crippen molar-refractivity contribution >= 4 is 52.7 Å². The topological polar surface area (TPSA) is 41.6 Å². The van der Waals surface area contributed by atoms with Crippen molar-refractivity contribution in [3.05, 3.63) is 51.0 Å². The predicted molar refractivity (Wildman–Crippen MR) is 124 cm³/mol. The second-order valence-corrected chi connectivity index (χ2v) is 9.42. The van der Waals surface area contributed by atoms with Crippen LogP contribution in [-0.4, -0.2) is 36.3 Å². The van der Waals surface area contributed by atoms with E-state index in [1.807, 2.05) is 12.1 Å². The fraction of sp³-hybridized carbons (Fsp3) is 0.450. The molecule has 0 atom stereocenters. The van der Waals surface area contributed by atoms with Crippen molar-refractivity contribution < 1.29 is 9.53 Å². The lowest BCUT2D eigenvalue weighted by molar-refractivity contribution is -0.117. The number of ether oxygens (including phenoxy) is 1. The number of carbonyl (C=O) groups is 1. The number of halogens is 1. The SMILES string of the molecule is Cl.O=C(CSCc1cccs1)N/C=C\CCOc1csc(CN2CCCC2)c1. The molecule has 0 bridgehead atoms. The number of likely N-dealkylation sites (tertiary alicyclic amines) is 1. The fourth-order valence-corrected chi connectivity index (χ4v) is 5.37. The summed E-state index contributed by atoms with van der Waals surface area (Å²) >= 11 is 5.13. The third-order valence-corrected chi connectivity index (χ3v) is 7.12. The van der Waals surface area contributed by atoms with Crippen molar-refractivity contribution in [1.29, 1.82) is 0 Å². The van der Waals surface area contributed by atoms with E-state index in [1.54, 1.807) is 40.6 Å². The zero-order chi connectivity index (χ0) is 18.7. The average Bonchev–Trinajstić information content (AvgIpc) is 3.42. The molecule has 1 aliphatic heterocycles. The second kappa shape index (κ2) is 13.3. The Morgan fingerprint density at radius 2 is 2.14 bits per heavy atom. The Bertz CT molecular complexity index is 713. The van der Waals surface area contributed by atoms with Crippen LogP contribution in [0, 0.1) is 0 Å². The van der Waals surface area contributed by atoms with E-state index >= 15 is 0 Å². The van der Waals surface area contributed by atoms with E-state index in [0.29, 0.717) is 12.4 Å². The van der Waals surface area contributed by atoms with Gasteiger partial charge in [0.25, 0.3) is 0 Å². The zero-order valence-electron chi connectivity index (χ0n) is 15.8. The molecular weight excluding hydrogens is 432 g/mol. The van der Waals surface area contributed by atoms with Gasteiger partial charge in [-0.3, -0.25) is 9.69 Å². The lowest BCUT2D eigenvalue weighted by Gasteiger charge is -2.12. The molecule has 3 rings (SSSR count). The average molecular weight is 459 g/mol. The molecule has 0 unspecified atom stereocenters. The van der Waals surface area contributed by atoms with Gasteiger partial charge in [-0.05, 0) is 49.6 Å². The minimum absolute atomic E-state index is 0. The summed E-state index contributed by atoms with van der Waals surface area (Å²) < 4.78 is 5.79. The number of nitrogens with zero attached hydrogens (tertiary/aromatic N) is 1. The first-order valence-electron chi connectivity index (χ1n) is 9.26. The van der Waals surface area contributed by atoms with E-state index in [0.717, 1.165) is 24.5 Å². The van der Waals surface area contributed by atoms with E-state index in [-0.39, 0.29) is 18.3 Å². The molecule has 1 fully saturated rings. The molecule has 1 aliphatic rings. The maximum absolute atomic E-state index is 11.8. The normalized spacial score (nSPS) is 14.3. The molecule has 2 aromatic heterocycles. The van der Waals surface area contributed by atoms with Gasteiger partial charge in [0.1, 0.15) is 5.75 Å². The van der Waals surface area contributed by atoms with Gasteiger partial charge >= 0.3 is 0 Å². The Labute approximate surface area is 185 Å². The minimum atomic E-state index is 0. The summed E-state index contributed by atoms with van der Waals surface area (Å²) in [5.74, 6) is 2.37. The summed E-state index contributed by atoms with van der Waals surface area (Å²) in [6, 6.07) is 6.29. The molecule has 3 heterocycles. The van der Waals surface area contributed by atoms with E-state index in [1.165, 1.54) is 35.7 Å². The van der Waals surface area contributed by atoms with Crippen LogP contribution in [0.5, 0.6) is 5.75 Å². The maximum atomic E-state index is 11.8. The summed E-state index contributed by atoms with van der Waals surface area (Å²) in [6.07, 6.45) is 7.10. The molecule has 1 saturated heterocycles. The van der Waals surface area contributed by atoms with Crippen molar-refractivity contribution in [3.63, 3.8) is 0 Å². The molecule has 8 heteroatoms. The van der Waals surface area contributed by atoms with Gasteiger partial charge in [0.15, 0.2) is 0 Å². The molecule has 0 aliphatic carbocycles. The molecule has 0 radical (unpaired) electrons. The molecule has 0 spiro atoms. The van der Waals surface area contributed by atoms with Crippen LogP contribution in [0.15, 0.2) is 41.2 Å². The third kappa shape index (κ3) is 8.57. The summed E-state index contributed by atoms with van der Waals surface area (Å²) in [6.45, 7) is 4.11. The second-order valence-electron chi connectivity index (χ2n) is 6.41. The van der Waals surface area contributed by atoms with Gasteiger partial charge in [-0.25, -0.2) is 0 Å². The number of hydrogen-bond donors (Lipinski definition) is 1. The highest BCUT2D eigenvalue weighted by Crippen LogP contribution is 2.24. The number of nitrogens with one attached hydrogen (secondary N) is 1. The van der Waals surface area contributed by atoms with E-state index < -0.39 is 0 Å². The third-order valence-electron chi connectivity index (χ3n) is 4.18. The molecule has 0 aromatic carbocycles. The van der Waals surface area contributed by atoms with Crippen molar-refractivity contribution in [1.82, 2.24) is 10.2 Å². The Balaban J connectivity index is 0.00000280. The summed E-state index contributed by atoms with van der Waals surface area (Å²) in [4.78, 5) is 16.9. The number of amides is 1. The smallest absolute Gasteiger partial charge is 0.233 e. The van der Waals surface area contributed by atoms with Crippen LogP contribution in [0.1, 0.15) is 29.0 Å². The fourth-order valence-electron chi connectivity index (χ4n) is 2.84. The maximum Gasteiger partial charge on any atom is 0.233 e. The molecule has 2 aromatic rings. The Hall–Kier alpha value is -0.990. The van der Waals surface area contributed by atoms with Crippen molar-refractivity contribution in [2.45, 2.75) is 31.6 Å². The van der Waals surface area contributed by atoms with Crippen LogP contribution in [0.3, 0.4) is 0 Å². The lowest BCUT2D eigenvalue weighted by atomic mass is 10.4. The van der Waals surface area contributed by atoms with E-state index in [9.17, 15) is 4.79 Å². The van der Waals surface area contributed by atoms with Crippen LogP contribution < -0.4 is 10.1 Å². The minimum Gasteiger partial charge on any atom is -0.492 e. The highest BCUT2D eigenvalue weighted by molar-refractivity contribution is 7.99. The predicted octanol–water partition coefficient (Wildman–Crippen LogP) is 5.16. The first-order chi connectivity index (χ1) is 13.3. The Morgan fingerprint density at radius 1 is 1.29 bits per heavy atom. The van der Waals surface area contributed by atoms with Gasteiger partial charge in [-0.1, -0.05) is 12.1 Å². The molecular formula is C20H27ClN2O2S3. The van der Waals surface area contributed by atoms with Crippen molar-refractivity contribution in [2.24, 2.45) is 0 Å². The van der Waals surface area contributed by atoms with E-state index in [2.05, 4.69) is 33.1 Å². The monoisotopic (exact) mass is 458 g/mol. The first-order valence-corrected chi connectivity index (χ1v) is 12.2. The van der Waals surface area contributed by atoms with Gasteiger partial charge in [-0.15, -0.1) is 46.8 Å². The summed E-state index contributed by atoms with van der Waals surface area (Å²) in [5.41, 5.74) is 0. The summed E-state index contributed by atoms with van der Waals surface area (Å²) in [7, 11) is 0. The highest BCUT2D eigenvalue weighted by Gasteiger charge is 2.12. The largest absolute Gasteiger partial charge is 0.492 e. The van der Waals surface area contributed by atoms with Crippen LogP contribution in [-0.2, 0) is 17.1 Å². The van der Waals surface area contributed by atoms with Crippen molar-refractivity contribution in [2.75, 3.05) is 25.4 Å². The van der Waals surface area contributed by atoms with Gasteiger partial charge in [0.2, 0.25) is 5.91 Å². The molecule has 4 nitrogen and oxygen atoms in total. The molecule has 1 N–H and O–H groups in total. The highest BCUT2D eigenvalue weighted by atomic mass is 35.5. The van der Waals surface area contributed by atoms with E-state index in [4.69, 9.17) is 4.74 Å². The van der Waals surface area contributed by atoms with Gasteiger partial charge in [0.05, 0.1) is 12.4 Å². The van der Waals surface area contributed by atoms with Gasteiger partial charge in [0, 0.05) is 33.9 Å². The Kier molecular flexibility index (Phi) is 11.0. The number of thioether (sulfide) groups is 1. The number of carbonyl (C=O) groups excluding carboxylic acids is 1. The number of hydrogen-bond acceptors (Lipinski definition) is 6. The van der Waals surface area contributed by atoms with Crippen molar-refractivity contribution in [3.8, 4) is 5.75 Å². The van der Waals surface area contributed by atoms with Crippen LogP contribution in [0.2, 0.25) is 0 Å². The van der Waals surface area contributed by atoms with Gasteiger partial charge < -0.3 is 10.1 Å². The first kappa shape index (κ1) is 23.3. The Morgan fingerprint density at radius 3 is 2.93 bits per heavy atom. The zero-order valence-corrected chi connectivity index (χ0v) is 19.1. The van der Waals surface area contributed by atoms with Crippen LogP contribution >= 0.6 is 46.8 Å². The molecule has 0 saturated carbocycles. The quantitative estimate of drug-likeness (QED) is 0.472. The molecule has 1 amide bonds. The molecule has 28 heavy (non-hydrogen) atoms. The number of rotatable bonds is 11. The summed E-state index contributed by atoms with van der Waals surface area (Å²) in [5, 5.41) is 6.96. The lowest BCUT2D eigenvalue weighted by Crippen LogP contribution is -2.19. The van der Waals surface area contributed by atoms with Gasteiger partial charge in [-0.2, -0.15) is 0 Å². The standard InChI is InChI=1S/C20H26N2O2S3.ClH/c23-20(16-25-15-18-6-5-11-26-18)21-7-1-4-10-24-17-12-19(27-14-17)13-22-8-2-3-9-22;/h1,5-7,11-12,14H,2-4,8-10,13,15-16H2,(H,21,23);1H/b7-1-;.